The molecule has 2 rings (SSSR count). The molecule has 0 radical (unpaired) electrons. The van der Waals surface area contributed by atoms with Gasteiger partial charge in [-0.1, -0.05) is 66.6 Å². The minimum absolute atomic E-state index is 0.0443. The molecule has 0 saturated carbocycles. The first-order valence-corrected chi connectivity index (χ1v) is 10.0. The number of nitrogens with one attached hydrogen (secondary N) is 1. The summed E-state index contributed by atoms with van der Waals surface area (Å²) in [5.74, 6) is -0.156. The molecule has 0 saturated heterocycles. The fourth-order valence-electron chi connectivity index (χ4n) is 3.04. The number of rotatable bonds is 8. The Morgan fingerprint density at radius 1 is 0.964 bits per heavy atom. The van der Waals surface area contributed by atoms with Crippen molar-refractivity contribution in [2.75, 3.05) is 0 Å². The zero-order valence-electron chi connectivity index (χ0n) is 17.7. The fraction of sp³-hybridized carbons (Fsp3) is 0.417. The fourth-order valence-corrected chi connectivity index (χ4v) is 3.04. The maximum atomic E-state index is 13.1. The van der Waals surface area contributed by atoms with Crippen molar-refractivity contribution in [3.8, 4) is 0 Å². The van der Waals surface area contributed by atoms with Gasteiger partial charge in [0, 0.05) is 12.6 Å². The molecule has 0 fully saturated rings. The van der Waals surface area contributed by atoms with Gasteiger partial charge in [0.2, 0.25) is 11.8 Å². The lowest BCUT2D eigenvalue weighted by atomic mass is 10.1. The van der Waals surface area contributed by atoms with Crippen LogP contribution in [0.3, 0.4) is 0 Å². The summed E-state index contributed by atoms with van der Waals surface area (Å²) in [7, 11) is 0. The molecule has 0 bridgehead atoms. The Hall–Kier alpha value is -2.62. The van der Waals surface area contributed by atoms with Crippen LogP contribution in [0.5, 0.6) is 0 Å². The summed E-state index contributed by atoms with van der Waals surface area (Å²) in [5, 5.41) is 3.00. The first-order chi connectivity index (χ1) is 13.3. The SMILES string of the molecule is CC[C@H](C)NC(=O)[C@@H](C)N(Cc1cccc(C)c1)C(=O)Cc1ccc(C)cc1. The van der Waals surface area contributed by atoms with Gasteiger partial charge in [0.25, 0.3) is 0 Å². The Kier molecular flexibility index (Phi) is 7.80. The van der Waals surface area contributed by atoms with Crippen molar-refractivity contribution in [3.63, 3.8) is 0 Å². The van der Waals surface area contributed by atoms with Crippen molar-refractivity contribution >= 4 is 11.8 Å². The lowest BCUT2D eigenvalue weighted by Crippen LogP contribution is -2.49. The molecule has 0 unspecified atom stereocenters. The second-order valence-corrected chi connectivity index (χ2v) is 7.67. The second-order valence-electron chi connectivity index (χ2n) is 7.67. The van der Waals surface area contributed by atoms with Crippen LogP contribution in [0.4, 0.5) is 0 Å². The third kappa shape index (κ3) is 6.22. The average molecular weight is 381 g/mol. The van der Waals surface area contributed by atoms with Gasteiger partial charge in [0.05, 0.1) is 6.42 Å². The molecule has 0 spiro atoms. The number of amides is 2. The van der Waals surface area contributed by atoms with Crippen LogP contribution in [-0.2, 0) is 22.6 Å². The van der Waals surface area contributed by atoms with E-state index in [9.17, 15) is 9.59 Å². The number of aryl methyl sites for hydroxylation is 2. The van der Waals surface area contributed by atoms with Crippen molar-refractivity contribution in [1.82, 2.24) is 10.2 Å². The third-order valence-electron chi connectivity index (χ3n) is 5.08. The number of hydrogen-bond donors (Lipinski definition) is 1. The molecule has 0 aliphatic heterocycles. The average Bonchev–Trinajstić information content (AvgIpc) is 2.67. The van der Waals surface area contributed by atoms with Crippen LogP contribution in [0.25, 0.3) is 0 Å². The summed E-state index contributed by atoms with van der Waals surface area (Å²) >= 11 is 0. The van der Waals surface area contributed by atoms with Crippen LogP contribution in [0.2, 0.25) is 0 Å². The number of nitrogens with zero attached hydrogens (tertiary/aromatic N) is 1. The lowest BCUT2D eigenvalue weighted by Gasteiger charge is -2.30. The summed E-state index contributed by atoms with van der Waals surface area (Å²) in [6.07, 6.45) is 1.14. The molecule has 28 heavy (non-hydrogen) atoms. The minimum atomic E-state index is -0.535. The van der Waals surface area contributed by atoms with Gasteiger partial charge in [-0.3, -0.25) is 9.59 Å². The van der Waals surface area contributed by atoms with Crippen molar-refractivity contribution in [1.29, 1.82) is 0 Å². The largest absolute Gasteiger partial charge is 0.352 e. The van der Waals surface area contributed by atoms with Crippen molar-refractivity contribution in [3.05, 3.63) is 70.8 Å². The van der Waals surface area contributed by atoms with E-state index in [4.69, 9.17) is 0 Å². The monoisotopic (exact) mass is 380 g/mol. The lowest BCUT2D eigenvalue weighted by molar-refractivity contribution is -0.140. The first-order valence-electron chi connectivity index (χ1n) is 10.0. The molecule has 4 heteroatoms. The molecule has 4 nitrogen and oxygen atoms in total. The Balaban J connectivity index is 2.22. The summed E-state index contributed by atoms with van der Waals surface area (Å²) in [4.78, 5) is 27.5. The molecule has 2 amide bonds. The molecular formula is C24H32N2O2. The van der Waals surface area contributed by atoms with Gasteiger partial charge in [-0.25, -0.2) is 0 Å². The molecule has 0 aliphatic rings. The molecule has 2 aromatic rings. The van der Waals surface area contributed by atoms with Crippen molar-refractivity contribution in [2.45, 2.75) is 66.1 Å². The Labute approximate surface area is 169 Å². The van der Waals surface area contributed by atoms with E-state index in [0.29, 0.717) is 6.54 Å². The van der Waals surface area contributed by atoms with E-state index in [1.807, 2.05) is 70.2 Å². The Bertz CT molecular complexity index is 799. The van der Waals surface area contributed by atoms with Crippen LogP contribution >= 0.6 is 0 Å². The van der Waals surface area contributed by atoms with E-state index in [-0.39, 0.29) is 24.3 Å². The van der Waals surface area contributed by atoms with E-state index in [0.717, 1.165) is 28.7 Å². The number of benzene rings is 2. The molecule has 0 heterocycles. The second kappa shape index (κ2) is 10.1. The zero-order valence-corrected chi connectivity index (χ0v) is 17.7. The highest BCUT2D eigenvalue weighted by Crippen LogP contribution is 2.14. The third-order valence-corrected chi connectivity index (χ3v) is 5.08. The normalized spacial score (nSPS) is 12.9. The van der Waals surface area contributed by atoms with Gasteiger partial charge in [-0.15, -0.1) is 0 Å². The molecular weight excluding hydrogens is 348 g/mol. The number of hydrogen-bond acceptors (Lipinski definition) is 2. The van der Waals surface area contributed by atoms with E-state index in [2.05, 4.69) is 11.4 Å². The maximum absolute atomic E-state index is 13.1. The highest BCUT2D eigenvalue weighted by molar-refractivity contribution is 5.88. The summed E-state index contributed by atoms with van der Waals surface area (Å²) in [6, 6.07) is 15.6. The summed E-state index contributed by atoms with van der Waals surface area (Å²) in [5.41, 5.74) is 4.29. The Morgan fingerprint density at radius 3 is 2.25 bits per heavy atom. The van der Waals surface area contributed by atoms with E-state index >= 15 is 0 Å². The van der Waals surface area contributed by atoms with Crippen LogP contribution in [-0.4, -0.2) is 28.8 Å². The van der Waals surface area contributed by atoms with Gasteiger partial charge in [-0.2, -0.15) is 0 Å². The predicted molar refractivity (Wildman–Crippen MR) is 114 cm³/mol. The number of carbonyl (C=O) groups is 2. The van der Waals surface area contributed by atoms with Gasteiger partial charge in [0.15, 0.2) is 0 Å². The van der Waals surface area contributed by atoms with Crippen molar-refractivity contribution in [2.24, 2.45) is 0 Å². The highest BCUT2D eigenvalue weighted by atomic mass is 16.2. The molecule has 2 aromatic carbocycles. The predicted octanol–water partition coefficient (Wildman–Crippen LogP) is 4.18. The standard InChI is InChI=1S/C24H32N2O2/c1-6-19(4)25-24(28)20(5)26(16-22-9-7-8-18(3)14-22)23(27)15-21-12-10-17(2)11-13-21/h7-14,19-20H,6,15-16H2,1-5H3,(H,25,28)/t19-,20+/m0/s1. The first kappa shape index (κ1) is 21.7. The van der Waals surface area contributed by atoms with E-state index in [1.165, 1.54) is 0 Å². The molecule has 1 N–H and O–H groups in total. The van der Waals surface area contributed by atoms with Gasteiger partial charge < -0.3 is 10.2 Å². The van der Waals surface area contributed by atoms with Crippen LogP contribution in [0.15, 0.2) is 48.5 Å². The Morgan fingerprint density at radius 2 is 1.64 bits per heavy atom. The quantitative estimate of drug-likeness (QED) is 0.747. The zero-order chi connectivity index (χ0) is 20.7. The molecule has 2 atom stereocenters. The van der Waals surface area contributed by atoms with Gasteiger partial charge >= 0.3 is 0 Å². The van der Waals surface area contributed by atoms with Gasteiger partial charge in [-0.05, 0) is 45.2 Å². The van der Waals surface area contributed by atoms with Crippen LogP contribution in [0, 0.1) is 13.8 Å². The molecule has 0 aliphatic carbocycles. The minimum Gasteiger partial charge on any atom is -0.352 e. The topological polar surface area (TPSA) is 49.4 Å². The van der Waals surface area contributed by atoms with E-state index in [1.54, 1.807) is 11.8 Å². The summed E-state index contributed by atoms with van der Waals surface area (Å²) in [6.45, 7) is 10.3. The van der Waals surface area contributed by atoms with Crippen LogP contribution < -0.4 is 5.32 Å². The molecule has 0 aromatic heterocycles. The highest BCUT2D eigenvalue weighted by Gasteiger charge is 2.26. The maximum Gasteiger partial charge on any atom is 0.242 e. The van der Waals surface area contributed by atoms with Crippen LogP contribution in [0.1, 0.15) is 49.4 Å². The number of carbonyl (C=O) groups excluding carboxylic acids is 2. The van der Waals surface area contributed by atoms with Crippen molar-refractivity contribution < 1.29 is 9.59 Å². The van der Waals surface area contributed by atoms with E-state index < -0.39 is 6.04 Å². The smallest absolute Gasteiger partial charge is 0.242 e. The molecule has 150 valence electrons. The summed E-state index contributed by atoms with van der Waals surface area (Å²) < 4.78 is 0. The van der Waals surface area contributed by atoms with Gasteiger partial charge in [0.1, 0.15) is 6.04 Å².